The summed E-state index contributed by atoms with van der Waals surface area (Å²) in [4.78, 5) is 11.1. The number of halogens is 1. The number of benzene rings is 3. The van der Waals surface area contributed by atoms with E-state index in [-0.39, 0.29) is 6.42 Å². The van der Waals surface area contributed by atoms with Gasteiger partial charge in [-0.05, 0) is 0 Å². The van der Waals surface area contributed by atoms with E-state index in [0.717, 1.165) is 19.0 Å². The molecule has 0 aliphatic heterocycles. The average Bonchev–Trinajstić information content (AvgIpc) is 2.71. The summed E-state index contributed by atoms with van der Waals surface area (Å²) in [6.45, 7) is 13.1. The van der Waals surface area contributed by atoms with Gasteiger partial charge in [-0.25, -0.2) is 0 Å². The van der Waals surface area contributed by atoms with E-state index < -0.39 is 11.3 Å². The minimum absolute atomic E-state index is 0.231. The molecule has 0 spiro atoms. The van der Waals surface area contributed by atoms with Gasteiger partial charge in [0.25, 0.3) is 0 Å². The fourth-order valence-electron chi connectivity index (χ4n) is 5.36. The SMILES string of the molecule is Cc1cc(C)cc(P(Br)(CCCCCC(=O)O)(c2cc(C)cc(C)c2)c2cc(C)cc(C)c2)c1. The van der Waals surface area contributed by atoms with Crippen molar-refractivity contribution in [2.75, 3.05) is 6.16 Å². The summed E-state index contributed by atoms with van der Waals surface area (Å²) in [5, 5.41) is 10.2. The van der Waals surface area contributed by atoms with Crippen molar-refractivity contribution in [2.24, 2.45) is 0 Å². The summed E-state index contributed by atoms with van der Waals surface area (Å²) in [7, 11) is 0. The minimum atomic E-state index is -3.05. The topological polar surface area (TPSA) is 37.3 Å². The number of unbranched alkanes of at least 4 members (excludes halogenated alkanes) is 2. The van der Waals surface area contributed by atoms with Crippen molar-refractivity contribution in [3.63, 3.8) is 0 Å². The van der Waals surface area contributed by atoms with E-state index in [9.17, 15) is 4.79 Å². The number of rotatable bonds is 9. The van der Waals surface area contributed by atoms with Crippen molar-refractivity contribution >= 4 is 42.7 Å². The van der Waals surface area contributed by atoms with Crippen molar-refractivity contribution in [3.8, 4) is 0 Å². The Balaban J connectivity index is 2.36. The molecular formula is C30H38BrO2P. The third-order valence-corrected chi connectivity index (χ3v) is 16.6. The van der Waals surface area contributed by atoms with E-state index in [4.69, 9.17) is 5.11 Å². The van der Waals surface area contributed by atoms with Crippen LogP contribution in [-0.2, 0) is 4.79 Å². The molecule has 3 aromatic carbocycles. The van der Waals surface area contributed by atoms with Crippen LogP contribution in [0.3, 0.4) is 0 Å². The first-order valence-electron chi connectivity index (χ1n) is 12.1. The van der Waals surface area contributed by atoms with Gasteiger partial charge in [-0.2, -0.15) is 0 Å². The van der Waals surface area contributed by atoms with Gasteiger partial charge < -0.3 is 0 Å². The quantitative estimate of drug-likeness (QED) is 0.228. The second-order valence-electron chi connectivity index (χ2n) is 10.1. The Morgan fingerprint density at radius 1 is 0.618 bits per heavy atom. The van der Waals surface area contributed by atoms with Gasteiger partial charge in [-0.3, -0.25) is 0 Å². The number of aryl methyl sites for hydroxylation is 6. The van der Waals surface area contributed by atoms with Crippen LogP contribution in [0.5, 0.6) is 0 Å². The van der Waals surface area contributed by atoms with Gasteiger partial charge in [0.2, 0.25) is 0 Å². The molecule has 0 atom stereocenters. The summed E-state index contributed by atoms with van der Waals surface area (Å²) in [6.07, 6.45) is 3.76. The van der Waals surface area contributed by atoms with Gasteiger partial charge in [-0.15, -0.1) is 0 Å². The molecule has 3 aromatic rings. The Bertz CT molecular complexity index is 1030. The molecule has 0 heterocycles. The third-order valence-electron chi connectivity index (χ3n) is 6.70. The normalized spacial score (nSPS) is 12.9. The van der Waals surface area contributed by atoms with Gasteiger partial charge in [-0.1, -0.05) is 0 Å². The summed E-state index contributed by atoms with van der Waals surface area (Å²) < 4.78 is 0. The fraction of sp³-hybridized carbons (Fsp3) is 0.367. The van der Waals surface area contributed by atoms with Crippen LogP contribution in [0.2, 0.25) is 0 Å². The average molecular weight is 542 g/mol. The van der Waals surface area contributed by atoms with Crippen LogP contribution in [0.1, 0.15) is 59.1 Å². The van der Waals surface area contributed by atoms with Crippen molar-refractivity contribution in [1.29, 1.82) is 0 Å². The maximum atomic E-state index is 11.1. The maximum absolute atomic E-state index is 11.1. The van der Waals surface area contributed by atoms with Crippen LogP contribution in [0.4, 0.5) is 0 Å². The zero-order valence-corrected chi connectivity index (χ0v) is 23.9. The summed E-state index contributed by atoms with van der Waals surface area (Å²) in [5.41, 5.74) is 7.60. The molecule has 1 N–H and O–H groups in total. The number of aliphatic carboxylic acids is 1. The van der Waals surface area contributed by atoms with Crippen LogP contribution in [-0.4, -0.2) is 17.2 Å². The fourth-order valence-corrected chi connectivity index (χ4v) is 13.3. The van der Waals surface area contributed by atoms with E-state index in [1.54, 1.807) is 0 Å². The molecule has 0 saturated heterocycles. The molecule has 2 nitrogen and oxygen atoms in total. The molecule has 0 aliphatic rings. The Labute approximate surface area is 213 Å². The Morgan fingerprint density at radius 2 is 0.941 bits per heavy atom. The Morgan fingerprint density at radius 3 is 1.24 bits per heavy atom. The van der Waals surface area contributed by atoms with Crippen LogP contribution < -0.4 is 15.9 Å². The van der Waals surface area contributed by atoms with Crippen molar-refractivity contribution in [2.45, 2.75) is 67.2 Å². The molecule has 0 unspecified atom stereocenters. The van der Waals surface area contributed by atoms with Gasteiger partial charge >= 0.3 is 214 Å². The number of carboxylic acids is 1. The molecule has 3 rings (SSSR count). The van der Waals surface area contributed by atoms with Crippen molar-refractivity contribution in [3.05, 3.63) is 88.0 Å². The zero-order valence-electron chi connectivity index (χ0n) is 21.4. The molecule has 0 aliphatic carbocycles. The van der Waals surface area contributed by atoms with Crippen LogP contribution in [0.25, 0.3) is 0 Å². The molecule has 0 radical (unpaired) electrons. The molecule has 0 fully saturated rings. The van der Waals surface area contributed by atoms with E-state index in [0.29, 0.717) is 6.42 Å². The van der Waals surface area contributed by atoms with Gasteiger partial charge in [0.1, 0.15) is 0 Å². The van der Waals surface area contributed by atoms with E-state index in [2.05, 4.69) is 112 Å². The first-order valence-corrected chi connectivity index (χ1v) is 16.6. The molecule has 0 aromatic heterocycles. The zero-order chi connectivity index (χ0) is 25.1. The van der Waals surface area contributed by atoms with Crippen LogP contribution in [0, 0.1) is 41.5 Å². The molecule has 34 heavy (non-hydrogen) atoms. The first kappa shape index (κ1) is 26.6. The predicted molar refractivity (Wildman–Crippen MR) is 153 cm³/mol. The summed E-state index contributed by atoms with van der Waals surface area (Å²) in [5.74, 6) is -0.714. The molecule has 0 bridgehead atoms. The third kappa shape index (κ3) is 5.47. The second-order valence-corrected chi connectivity index (χ2v) is 19.2. The molecule has 0 saturated carbocycles. The molecule has 0 amide bonds. The summed E-state index contributed by atoms with van der Waals surface area (Å²) in [6, 6.07) is 20.9. The van der Waals surface area contributed by atoms with E-state index in [1.165, 1.54) is 49.3 Å². The van der Waals surface area contributed by atoms with E-state index in [1.807, 2.05) is 0 Å². The van der Waals surface area contributed by atoms with E-state index >= 15 is 0 Å². The monoisotopic (exact) mass is 540 g/mol. The molecular weight excluding hydrogens is 503 g/mol. The van der Waals surface area contributed by atoms with Crippen LogP contribution in [0.15, 0.2) is 54.6 Å². The Kier molecular flexibility index (Phi) is 8.10. The van der Waals surface area contributed by atoms with Crippen molar-refractivity contribution < 1.29 is 9.90 Å². The predicted octanol–water partition coefficient (Wildman–Crippen LogP) is 7.32. The van der Waals surface area contributed by atoms with Gasteiger partial charge in [0.05, 0.1) is 0 Å². The Hall–Kier alpha value is -1.96. The van der Waals surface area contributed by atoms with Gasteiger partial charge in [0, 0.05) is 0 Å². The molecule has 4 heteroatoms. The van der Waals surface area contributed by atoms with Crippen LogP contribution >= 0.6 is 20.8 Å². The molecule has 182 valence electrons. The number of hydrogen-bond acceptors (Lipinski definition) is 1. The first-order chi connectivity index (χ1) is 15.9. The number of carbonyl (C=O) groups is 1. The number of hydrogen-bond donors (Lipinski definition) is 1. The summed E-state index contributed by atoms with van der Waals surface area (Å²) >= 11 is 4.62. The second kappa shape index (κ2) is 10.3. The number of carboxylic acid groups (broad SMARTS) is 1. The van der Waals surface area contributed by atoms with Crippen molar-refractivity contribution in [1.82, 2.24) is 0 Å². The standard InChI is InChI=1S/C30H38BrO2P/c1-21-12-22(2)16-27(15-21)34(31,11-9-7-8-10-30(32)33,28-17-23(3)13-24(4)18-28)29-19-25(5)14-26(6)20-29/h12-20H,7-11H2,1-6H3,(H,32,33). The van der Waals surface area contributed by atoms with Gasteiger partial charge in [0.15, 0.2) is 0 Å².